The van der Waals surface area contributed by atoms with E-state index in [0.29, 0.717) is 0 Å². The van der Waals surface area contributed by atoms with E-state index in [0.717, 1.165) is 24.2 Å². The maximum Gasteiger partial charge on any atom is -0.0322 e. The van der Waals surface area contributed by atoms with Crippen LogP contribution in [0.15, 0.2) is 24.8 Å². The van der Waals surface area contributed by atoms with Crippen LogP contribution in [0, 0.1) is 17.8 Å². The molecule has 0 radical (unpaired) electrons. The number of hydrogen-bond donors (Lipinski definition) is 0. The molecule has 0 aromatic heterocycles. The lowest BCUT2D eigenvalue weighted by Crippen LogP contribution is -2.05. The Kier molecular flexibility index (Phi) is 9.37. The Hall–Kier alpha value is -0.520. The highest BCUT2D eigenvalue weighted by Crippen LogP contribution is 2.20. The van der Waals surface area contributed by atoms with Gasteiger partial charge >= 0.3 is 0 Å². The molecule has 0 amide bonds. The van der Waals surface area contributed by atoms with E-state index in [1.807, 2.05) is 6.08 Å². The summed E-state index contributed by atoms with van der Waals surface area (Å²) in [6.45, 7) is 13.0. The minimum Gasteiger partial charge on any atom is -0.103 e. The first-order chi connectivity index (χ1) is 7.65. The summed E-state index contributed by atoms with van der Waals surface area (Å²) < 4.78 is 0. The van der Waals surface area contributed by atoms with Crippen molar-refractivity contribution >= 4 is 0 Å². The van der Waals surface area contributed by atoms with Crippen molar-refractivity contribution in [3.05, 3.63) is 24.8 Å². The third-order valence-electron chi connectivity index (χ3n) is 3.81. The summed E-state index contributed by atoms with van der Waals surface area (Å²) in [6, 6.07) is 0. The predicted molar refractivity (Wildman–Crippen MR) is 75.6 cm³/mol. The molecule has 2 atom stereocenters. The van der Waals surface area contributed by atoms with Crippen LogP contribution in [-0.4, -0.2) is 0 Å². The maximum atomic E-state index is 3.81. The molecule has 0 bridgehead atoms. The maximum absolute atomic E-state index is 3.81. The zero-order valence-corrected chi connectivity index (χ0v) is 11.7. The average Bonchev–Trinajstić information content (AvgIpc) is 2.29. The van der Waals surface area contributed by atoms with Gasteiger partial charge in [0.15, 0.2) is 0 Å². The van der Waals surface area contributed by atoms with Gasteiger partial charge in [0.2, 0.25) is 0 Å². The molecule has 0 N–H and O–H groups in total. The predicted octanol–water partition coefficient (Wildman–Crippen LogP) is 5.61. The van der Waals surface area contributed by atoms with E-state index >= 15 is 0 Å². The molecule has 2 unspecified atom stereocenters. The smallest absolute Gasteiger partial charge is 0.0322 e. The molecule has 0 aliphatic rings. The quantitative estimate of drug-likeness (QED) is 0.445. The van der Waals surface area contributed by atoms with Crippen molar-refractivity contribution in [2.75, 3.05) is 0 Å². The van der Waals surface area contributed by atoms with Gasteiger partial charge in [-0.05, 0) is 37.0 Å². The van der Waals surface area contributed by atoms with Crippen molar-refractivity contribution in [3.8, 4) is 0 Å². The molecule has 0 nitrogen and oxygen atoms in total. The summed E-state index contributed by atoms with van der Waals surface area (Å²) in [5.41, 5.74) is 0. The summed E-state index contributed by atoms with van der Waals surface area (Å²) >= 11 is 0. The molecule has 0 fully saturated rings. The monoisotopic (exact) mass is 222 g/mol. The number of hydrogen-bond acceptors (Lipinski definition) is 0. The van der Waals surface area contributed by atoms with Crippen LogP contribution in [0.5, 0.6) is 0 Å². The molecule has 0 heterocycles. The highest BCUT2D eigenvalue weighted by molar-refractivity contribution is 4.86. The lowest BCUT2D eigenvalue weighted by Gasteiger charge is -2.16. The molecule has 94 valence electrons. The third kappa shape index (κ3) is 6.87. The Bertz CT molecular complexity index is 186. The molecular formula is C16H30. The molecule has 0 aliphatic carbocycles. The highest BCUT2D eigenvalue weighted by Gasteiger charge is 2.08. The highest BCUT2D eigenvalue weighted by atomic mass is 14.1. The Labute approximate surface area is 103 Å². The van der Waals surface area contributed by atoms with E-state index in [9.17, 15) is 0 Å². The summed E-state index contributed by atoms with van der Waals surface area (Å²) in [6.07, 6.45) is 13.0. The Morgan fingerprint density at radius 1 is 0.875 bits per heavy atom. The van der Waals surface area contributed by atoms with Crippen molar-refractivity contribution in [1.29, 1.82) is 0 Å². The number of rotatable bonds is 9. The first-order valence-electron chi connectivity index (χ1n) is 6.91. The fraction of sp³-hybridized carbons (Fsp3) is 0.750. The second kappa shape index (κ2) is 9.69. The van der Waals surface area contributed by atoms with E-state index in [4.69, 9.17) is 0 Å². The average molecular weight is 222 g/mol. The van der Waals surface area contributed by atoms with Crippen molar-refractivity contribution in [1.82, 2.24) is 0 Å². The van der Waals surface area contributed by atoms with Crippen LogP contribution in [0.25, 0.3) is 0 Å². The topological polar surface area (TPSA) is 0 Å². The molecule has 0 aliphatic heterocycles. The lowest BCUT2D eigenvalue weighted by molar-refractivity contribution is 0.394. The SMILES string of the molecule is C=CCC(C)C(C)CC=CCC(CC)CC. The van der Waals surface area contributed by atoms with Gasteiger partial charge in [-0.25, -0.2) is 0 Å². The molecular weight excluding hydrogens is 192 g/mol. The standard InChI is InChI=1S/C16H30/c1-6-11-14(4)15(5)12-9-10-13-16(7-2)8-3/h6,9-10,14-16H,1,7-8,11-13H2,2-5H3. The molecule has 16 heavy (non-hydrogen) atoms. The van der Waals surface area contributed by atoms with Gasteiger partial charge < -0.3 is 0 Å². The molecule has 0 spiro atoms. The third-order valence-corrected chi connectivity index (χ3v) is 3.81. The lowest BCUT2D eigenvalue weighted by atomic mass is 9.90. The van der Waals surface area contributed by atoms with Crippen LogP contribution in [0.3, 0.4) is 0 Å². The van der Waals surface area contributed by atoms with Crippen molar-refractivity contribution in [2.45, 2.75) is 59.8 Å². The van der Waals surface area contributed by atoms with Crippen LogP contribution in [-0.2, 0) is 0 Å². The van der Waals surface area contributed by atoms with Gasteiger partial charge in [0.1, 0.15) is 0 Å². The van der Waals surface area contributed by atoms with E-state index in [-0.39, 0.29) is 0 Å². The summed E-state index contributed by atoms with van der Waals surface area (Å²) in [7, 11) is 0. The molecule has 0 heteroatoms. The van der Waals surface area contributed by atoms with Gasteiger partial charge in [-0.15, -0.1) is 6.58 Å². The summed E-state index contributed by atoms with van der Waals surface area (Å²) in [5, 5.41) is 0. The Morgan fingerprint density at radius 3 is 1.88 bits per heavy atom. The van der Waals surface area contributed by atoms with Crippen molar-refractivity contribution in [3.63, 3.8) is 0 Å². The summed E-state index contributed by atoms with van der Waals surface area (Å²) in [5.74, 6) is 2.42. The van der Waals surface area contributed by atoms with Crippen LogP contribution in [0.2, 0.25) is 0 Å². The van der Waals surface area contributed by atoms with Gasteiger partial charge in [-0.3, -0.25) is 0 Å². The fourth-order valence-corrected chi connectivity index (χ4v) is 1.95. The normalized spacial score (nSPS) is 15.6. The first-order valence-corrected chi connectivity index (χ1v) is 6.91. The van der Waals surface area contributed by atoms with Crippen LogP contribution in [0.1, 0.15) is 59.8 Å². The van der Waals surface area contributed by atoms with E-state index in [1.165, 1.54) is 25.7 Å². The van der Waals surface area contributed by atoms with E-state index in [1.54, 1.807) is 0 Å². The van der Waals surface area contributed by atoms with Crippen LogP contribution in [0.4, 0.5) is 0 Å². The zero-order valence-electron chi connectivity index (χ0n) is 11.7. The minimum atomic E-state index is 0.760. The molecule has 0 saturated carbocycles. The fourth-order valence-electron chi connectivity index (χ4n) is 1.95. The largest absolute Gasteiger partial charge is 0.103 e. The van der Waals surface area contributed by atoms with Gasteiger partial charge in [-0.2, -0.15) is 0 Å². The van der Waals surface area contributed by atoms with Crippen LogP contribution >= 0.6 is 0 Å². The second-order valence-electron chi connectivity index (χ2n) is 5.10. The second-order valence-corrected chi connectivity index (χ2v) is 5.10. The molecule has 0 rings (SSSR count). The Balaban J connectivity index is 3.77. The van der Waals surface area contributed by atoms with E-state index < -0.39 is 0 Å². The van der Waals surface area contributed by atoms with Gasteiger partial charge in [0.25, 0.3) is 0 Å². The van der Waals surface area contributed by atoms with Gasteiger partial charge in [0.05, 0.1) is 0 Å². The number of allylic oxidation sites excluding steroid dienone is 3. The minimum absolute atomic E-state index is 0.760. The first kappa shape index (κ1) is 15.5. The van der Waals surface area contributed by atoms with Crippen molar-refractivity contribution in [2.24, 2.45) is 17.8 Å². The Morgan fingerprint density at radius 2 is 1.38 bits per heavy atom. The van der Waals surface area contributed by atoms with Crippen LogP contribution < -0.4 is 0 Å². The molecule has 0 saturated heterocycles. The van der Waals surface area contributed by atoms with Gasteiger partial charge in [0, 0.05) is 0 Å². The van der Waals surface area contributed by atoms with Gasteiger partial charge in [-0.1, -0.05) is 58.8 Å². The van der Waals surface area contributed by atoms with E-state index in [2.05, 4.69) is 46.4 Å². The molecule has 0 aromatic rings. The molecule has 0 aromatic carbocycles. The zero-order chi connectivity index (χ0) is 12.4. The van der Waals surface area contributed by atoms with Crippen molar-refractivity contribution < 1.29 is 0 Å². The summed E-state index contributed by atoms with van der Waals surface area (Å²) in [4.78, 5) is 0.